The fraction of sp³-hybridized carbons (Fsp3) is 0.808. The monoisotopic (exact) mass is 455 g/mol. The lowest BCUT2D eigenvalue weighted by Crippen LogP contribution is -2.52. The summed E-state index contributed by atoms with van der Waals surface area (Å²) < 4.78 is 1.57. The minimum atomic E-state index is -0.468. The van der Waals surface area contributed by atoms with Crippen molar-refractivity contribution < 1.29 is 9.90 Å². The summed E-state index contributed by atoms with van der Waals surface area (Å²) in [7, 11) is 0. The molecule has 6 heteroatoms. The van der Waals surface area contributed by atoms with Crippen molar-refractivity contribution in [2.24, 2.45) is 52.8 Å². The van der Waals surface area contributed by atoms with Gasteiger partial charge in [0.2, 0.25) is 0 Å². The second-order valence-corrected chi connectivity index (χ2v) is 12.6. The molecular weight excluding hydrogens is 422 g/mol. The lowest BCUT2D eigenvalue weighted by molar-refractivity contribution is -0.136. The number of aromatic nitrogens is 2. The zero-order valence-corrected chi connectivity index (χ0v) is 19.9. The molecule has 1 N–H and O–H groups in total. The van der Waals surface area contributed by atoms with Crippen LogP contribution < -0.4 is 0 Å². The van der Waals surface area contributed by atoms with Crippen LogP contribution in [-0.2, 0) is 11.3 Å². The van der Waals surface area contributed by atoms with Crippen LogP contribution in [0.2, 0.25) is 5.15 Å². The summed E-state index contributed by atoms with van der Waals surface area (Å²) in [6.07, 6.45) is 10.9. The Morgan fingerprint density at radius 1 is 1.19 bits per heavy atom. The fourth-order valence-electron chi connectivity index (χ4n) is 9.47. The van der Waals surface area contributed by atoms with Gasteiger partial charge in [-0.2, -0.15) is 10.4 Å². The van der Waals surface area contributed by atoms with Gasteiger partial charge in [0.15, 0.2) is 10.9 Å². The second-order valence-electron chi connectivity index (χ2n) is 12.3. The summed E-state index contributed by atoms with van der Waals surface area (Å²) in [4.78, 5) is 13.6. The zero-order valence-electron chi connectivity index (χ0n) is 19.1. The number of ketones is 1. The van der Waals surface area contributed by atoms with E-state index < -0.39 is 5.60 Å². The first kappa shape index (κ1) is 21.2. The lowest BCUT2D eigenvalue weighted by atomic mass is 9.48. The lowest BCUT2D eigenvalue weighted by Gasteiger charge is -2.57. The summed E-state index contributed by atoms with van der Waals surface area (Å²) in [6, 6.07) is 2.04. The molecule has 5 fully saturated rings. The third-order valence-corrected chi connectivity index (χ3v) is 10.8. The highest BCUT2D eigenvalue weighted by molar-refractivity contribution is 6.30. The quantitative estimate of drug-likeness (QED) is 0.706. The molecule has 1 aromatic heterocycles. The Bertz CT molecular complexity index is 996. The van der Waals surface area contributed by atoms with Crippen molar-refractivity contribution in [1.82, 2.24) is 9.78 Å². The van der Waals surface area contributed by atoms with Crippen molar-refractivity contribution in [3.8, 4) is 6.07 Å². The number of aliphatic hydroxyl groups is 1. The molecule has 1 heterocycles. The SMILES string of the molecule is C[C@@]1(O)CC[C@H]2[C@H](CC[C@@H]3[C@@H]2CC[C@@]2(C)[C@H]3[C@@H]3C[C@@H]3[C@@H]2C(=O)Cn2cc(C#N)c(Cl)n2)C1. The standard InChI is InChI=1S/C26H34ClN3O2/c1-25(32)7-5-16-14(10-25)3-4-18-17(16)6-8-26(2)22(18)19-9-20(19)23(26)21(31)13-30-12-15(11-28)24(27)29-30/h12,14,16-20,22-23,32H,3-10,13H2,1-2H3/t14-,16+,17-,18-,19-,20+,22-,23-,25-,26+/m1/s1. The summed E-state index contributed by atoms with van der Waals surface area (Å²) in [6.45, 7) is 4.67. The Morgan fingerprint density at radius 2 is 1.97 bits per heavy atom. The average molecular weight is 456 g/mol. The molecule has 6 rings (SSSR count). The van der Waals surface area contributed by atoms with Gasteiger partial charge in [-0.3, -0.25) is 9.48 Å². The number of nitriles is 1. The van der Waals surface area contributed by atoms with E-state index in [9.17, 15) is 9.90 Å². The number of carbonyl (C=O) groups excluding carboxylic acids is 1. The average Bonchev–Trinajstić information content (AvgIpc) is 3.32. The first-order chi connectivity index (χ1) is 15.2. The highest BCUT2D eigenvalue weighted by Gasteiger charge is 2.70. The predicted molar refractivity (Wildman–Crippen MR) is 121 cm³/mol. The molecule has 0 saturated heterocycles. The van der Waals surface area contributed by atoms with Gasteiger partial charge in [-0.05, 0) is 105 Å². The van der Waals surface area contributed by atoms with Crippen molar-refractivity contribution in [3.63, 3.8) is 0 Å². The maximum atomic E-state index is 13.6. The van der Waals surface area contributed by atoms with Gasteiger partial charge in [-0.1, -0.05) is 18.5 Å². The molecule has 172 valence electrons. The van der Waals surface area contributed by atoms with Gasteiger partial charge < -0.3 is 5.11 Å². The highest BCUT2D eigenvalue weighted by Crippen LogP contribution is 2.74. The Morgan fingerprint density at radius 3 is 2.72 bits per heavy atom. The van der Waals surface area contributed by atoms with Crippen molar-refractivity contribution in [2.75, 3.05) is 0 Å². The van der Waals surface area contributed by atoms with Gasteiger partial charge >= 0.3 is 0 Å². The van der Waals surface area contributed by atoms with Crippen LogP contribution in [0, 0.1) is 64.1 Å². The minimum Gasteiger partial charge on any atom is -0.390 e. The number of Topliss-reactive ketones (excluding diaryl/α,β-unsaturated/α-hetero) is 1. The van der Waals surface area contributed by atoms with Crippen molar-refractivity contribution in [1.29, 1.82) is 5.26 Å². The summed E-state index contributed by atoms with van der Waals surface area (Å²) >= 11 is 6.03. The number of fused-ring (bicyclic) bond motifs is 7. The molecule has 0 bridgehead atoms. The number of hydrogen-bond acceptors (Lipinski definition) is 4. The molecule has 5 aliphatic carbocycles. The van der Waals surface area contributed by atoms with E-state index in [0.717, 1.165) is 42.9 Å². The molecule has 0 spiro atoms. The van der Waals surface area contributed by atoms with Gasteiger partial charge in [-0.15, -0.1) is 0 Å². The molecular formula is C26H34ClN3O2. The molecule has 5 nitrogen and oxygen atoms in total. The molecule has 0 radical (unpaired) electrons. The van der Waals surface area contributed by atoms with E-state index in [1.165, 1.54) is 32.1 Å². The number of nitrogens with zero attached hydrogens (tertiary/aromatic N) is 3. The zero-order chi connectivity index (χ0) is 22.4. The third kappa shape index (κ3) is 3.05. The fourth-order valence-corrected chi connectivity index (χ4v) is 9.65. The first-order valence-electron chi connectivity index (χ1n) is 12.6. The Kier molecular flexibility index (Phi) is 4.67. The topological polar surface area (TPSA) is 78.9 Å². The van der Waals surface area contributed by atoms with Crippen LogP contribution in [0.25, 0.3) is 0 Å². The van der Waals surface area contributed by atoms with Crippen LogP contribution in [0.5, 0.6) is 0 Å². The van der Waals surface area contributed by atoms with Crippen LogP contribution in [0.15, 0.2) is 6.20 Å². The summed E-state index contributed by atoms with van der Waals surface area (Å²) in [5, 5.41) is 24.2. The smallest absolute Gasteiger partial charge is 0.168 e. The van der Waals surface area contributed by atoms with Crippen LogP contribution in [0.4, 0.5) is 0 Å². The van der Waals surface area contributed by atoms with Crippen LogP contribution in [0.3, 0.4) is 0 Å². The van der Waals surface area contributed by atoms with E-state index in [2.05, 4.69) is 12.0 Å². The van der Waals surface area contributed by atoms with E-state index >= 15 is 0 Å². The van der Waals surface area contributed by atoms with Crippen molar-refractivity contribution >= 4 is 17.4 Å². The van der Waals surface area contributed by atoms with E-state index in [1.54, 1.807) is 10.9 Å². The van der Waals surface area contributed by atoms with Crippen LogP contribution in [0.1, 0.15) is 70.8 Å². The number of hydrogen-bond donors (Lipinski definition) is 1. The van der Waals surface area contributed by atoms with Gasteiger partial charge in [0, 0.05) is 12.1 Å². The van der Waals surface area contributed by atoms with E-state index in [0.29, 0.717) is 23.3 Å². The summed E-state index contributed by atoms with van der Waals surface area (Å²) in [5.41, 5.74) is -0.0267. The van der Waals surface area contributed by atoms with Crippen molar-refractivity contribution in [2.45, 2.75) is 77.4 Å². The largest absolute Gasteiger partial charge is 0.390 e. The highest BCUT2D eigenvalue weighted by atomic mass is 35.5. The number of rotatable bonds is 3. The molecule has 5 saturated carbocycles. The maximum Gasteiger partial charge on any atom is 0.168 e. The number of halogens is 1. The Hall–Kier alpha value is -1.38. The van der Waals surface area contributed by atoms with Crippen LogP contribution in [-0.4, -0.2) is 26.3 Å². The molecule has 0 aromatic carbocycles. The molecule has 10 atom stereocenters. The third-order valence-electron chi connectivity index (χ3n) is 10.5. The maximum absolute atomic E-state index is 13.6. The van der Waals surface area contributed by atoms with Crippen LogP contribution >= 0.6 is 11.6 Å². The molecule has 1 aromatic rings. The molecule has 32 heavy (non-hydrogen) atoms. The molecule has 0 aliphatic heterocycles. The van der Waals surface area contributed by atoms with E-state index in [4.69, 9.17) is 16.9 Å². The Balaban J connectivity index is 1.22. The van der Waals surface area contributed by atoms with E-state index in [1.807, 2.05) is 13.0 Å². The summed E-state index contributed by atoms with van der Waals surface area (Å²) in [5.74, 6) is 5.38. The van der Waals surface area contributed by atoms with Gasteiger partial charge in [0.1, 0.15) is 11.6 Å². The molecule has 0 amide bonds. The molecule has 0 unspecified atom stereocenters. The van der Waals surface area contributed by atoms with Gasteiger partial charge in [0.25, 0.3) is 0 Å². The molecule has 5 aliphatic rings. The second kappa shape index (κ2) is 7.06. The minimum absolute atomic E-state index is 0.105. The van der Waals surface area contributed by atoms with Gasteiger partial charge in [-0.25, -0.2) is 0 Å². The predicted octanol–water partition coefficient (Wildman–Crippen LogP) is 4.85. The number of carbonyl (C=O) groups is 1. The Labute approximate surface area is 195 Å². The van der Waals surface area contributed by atoms with Crippen molar-refractivity contribution in [3.05, 3.63) is 16.9 Å². The first-order valence-corrected chi connectivity index (χ1v) is 13.0. The van der Waals surface area contributed by atoms with Gasteiger partial charge in [0.05, 0.1) is 12.1 Å². The van der Waals surface area contributed by atoms with E-state index in [-0.39, 0.29) is 28.8 Å². The normalized spacial score (nSPS) is 48.7.